The molecule has 0 bridgehead atoms. The molecule has 0 radical (unpaired) electrons. The summed E-state index contributed by atoms with van der Waals surface area (Å²) in [6.45, 7) is 0.378. The first kappa shape index (κ1) is 21.6. The normalized spacial score (nSPS) is 22.9. The third-order valence-corrected chi connectivity index (χ3v) is 6.66. The number of nitrogens with zero attached hydrogens (tertiary/aromatic N) is 3. The van der Waals surface area contributed by atoms with Crippen LogP contribution in [0.15, 0.2) is 42.7 Å². The van der Waals surface area contributed by atoms with Crippen molar-refractivity contribution < 1.29 is 9.59 Å². The van der Waals surface area contributed by atoms with Gasteiger partial charge in [-0.05, 0) is 48.6 Å². The molecule has 1 aliphatic heterocycles. The molecule has 1 aliphatic carbocycles. The van der Waals surface area contributed by atoms with Crippen molar-refractivity contribution in [2.24, 2.45) is 11.8 Å². The van der Waals surface area contributed by atoms with Crippen LogP contribution in [-0.2, 0) is 16.1 Å². The second-order valence-electron chi connectivity index (χ2n) is 8.78. The number of piperidine rings is 1. The quantitative estimate of drug-likeness (QED) is 0.762. The molecule has 1 aromatic carbocycles. The summed E-state index contributed by atoms with van der Waals surface area (Å²) in [7, 11) is 3.93. The molecule has 2 fully saturated rings. The number of pyridine rings is 1. The lowest BCUT2D eigenvalue weighted by molar-refractivity contribution is -0.136. The monoisotopic (exact) mass is 440 g/mol. The van der Waals surface area contributed by atoms with E-state index >= 15 is 0 Å². The minimum Gasteiger partial charge on any atom is -0.376 e. The van der Waals surface area contributed by atoms with Crippen LogP contribution in [0.3, 0.4) is 0 Å². The summed E-state index contributed by atoms with van der Waals surface area (Å²) in [5.41, 5.74) is 2.64. The third kappa shape index (κ3) is 4.85. The van der Waals surface area contributed by atoms with Crippen molar-refractivity contribution in [3.63, 3.8) is 0 Å². The maximum absolute atomic E-state index is 13.9. The van der Waals surface area contributed by atoms with Gasteiger partial charge in [-0.1, -0.05) is 30.5 Å². The number of carbonyl (C=O) groups excluding carboxylic acids is 2. The van der Waals surface area contributed by atoms with E-state index < -0.39 is 0 Å². The molecule has 3 unspecified atom stereocenters. The highest BCUT2D eigenvalue weighted by atomic mass is 35.5. The Morgan fingerprint density at radius 3 is 2.74 bits per heavy atom. The predicted molar refractivity (Wildman–Crippen MR) is 123 cm³/mol. The molecule has 1 saturated heterocycles. The second kappa shape index (κ2) is 9.27. The molecule has 0 spiro atoms. The molecule has 2 aliphatic rings. The summed E-state index contributed by atoms with van der Waals surface area (Å²) in [5.74, 6) is -0.164. The smallest absolute Gasteiger partial charge is 0.231 e. The van der Waals surface area contributed by atoms with Crippen molar-refractivity contribution in [1.29, 1.82) is 0 Å². The SMILES string of the molecule is CN(C)c1cncc(CN(C(=O)C2CC(=O)NC3CCCCC32)c2cccc(Cl)c2)c1. The first-order chi connectivity index (χ1) is 14.9. The topological polar surface area (TPSA) is 65.5 Å². The minimum atomic E-state index is -0.317. The molecule has 1 N–H and O–H groups in total. The zero-order valence-corrected chi connectivity index (χ0v) is 18.8. The molecule has 2 amide bonds. The van der Waals surface area contributed by atoms with Gasteiger partial charge in [-0.2, -0.15) is 0 Å². The Kier molecular flexibility index (Phi) is 6.46. The molecular weight excluding hydrogens is 412 g/mol. The lowest BCUT2D eigenvalue weighted by Gasteiger charge is -2.42. The Hall–Kier alpha value is -2.60. The van der Waals surface area contributed by atoms with Crippen LogP contribution < -0.4 is 15.1 Å². The van der Waals surface area contributed by atoms with Crippen LogP contribution in [0.25, 0.3) is 0 Å². The highest BCUT2D eigenvalue weighted by molar-refractivity contribution is 6.30. The van der Waals surface area contributed by atoms with E-state index in [1.807, 2.05) is 43.3 Å². The van der Waals surface area contributed by atoms with Gasteiger partial charge in [-0.15, -0.1) is 0 Å². The van der Waals surface area contributed by atoms with Gasteiger partial charge in [-0.3, -0.25) is 14.6 Å². The number of amides is 2. The summed E-state index contributed by atoms with van der Waals surface area (Å²) in [6, 6.07) is 9.49. The van der Waals surface area contributed by atoms with E-state index in [0.717, 1.165) is 42.6 Å². The largest absolute Gasteiger partial charge is 0.376 e. The molecule has 1 aromatic heterocycles. The van der Waals surface area contributed by atoms with E-state index in [9.17, 15) is 9.59 Å². The van der Waals surface area contributed by atoms with Crippen LogP contribution in [0.2, 0.25) is 5.02 Å². The van der Waals surface area contributed by atoms with E-state index in [-0.39, 0.29) is 36.1 Å². The number of nitrogens with one attached hydrogen (secondary N) is 1. The highest BCUT2D eigenvalue weighted by Gasteiger charge is 2.43. The van der Waals surface area contributed by atoms with E-state index in [4.69, 9.17) is 11.6 Å². The Morgan fingerprint density at radius 2 is 1.97 bits per heavy atom. The fourth-order valence-electron chi connectivity index (χ4n) is 4.84. The van der Waals surface area contributed by atoms with Gasteiger partial charge in [0.25, 0.3) is 0 Å². The molecule has 7 heteroatoms. The minimum absolute atomic E-state index is 0.00993. The Morgan fingerprint density at radius 1 is 1.16 bits per heavy atom. The molecule has 6 nitrogen and oxygen atoms in total. The van der Waals surface area contributed by atoms with E-state index in [1.165, 1.54) is 0 Å². The zero-order valence-electron chi connectivity index (χ0n) is 18.1. The van der Waals surface area contributed by atoms with Crippen molar-refractivity contribution in [2.75, 3.05) is 23.9 Å². The van der Waals surface area contributed by atoms with Gasteiger partial charge in [-0.25, -0.2) is 0 Å². The van der Waals surface area contributed by atoms with Crippen LogP contribution in [0, 0.1) is 11.8 Å². The predicted octanol–water partition coefficient (Wildman–Crippen LogP) is 4.03. The second-order valence-corrected chi connectivity index (χ2v) is 9.22. The number of fused-ring (bicyclic) bond motifs is 1. The van der Waals surface area contributed by atoms with E-state index in [0.29, 0.717) is 11.6 Å². The number of halogens is 1. The number of hydrogen-bond acceptors (Lipinski definition) is 4. The average Bonchev–Trinajstić information content (AvgIpc) is 2.76. The maximum Gasteiger partial charge on any atom is 0.231 e. The van der Waals surface area contributed by atoms with Crippen LogP contribution in [-0.4, -0.2) is 36.9 Å². The summed E-state index contributed by atoms with van der Waals surface area (Å²) < 4.78 is 0. The average molecular weight is 441 g/mol. The van der Waals surface area contributed by atoms with Gasteiger partial charge >= 0.3 is 0 Å². The summed E-state index contributed by atoms with van der Waals surface area (Å²) in [6.07, 6.45) is 7.96. The summed E-state index contributed by atoms with van der Waals surface area (Å²) in [4.78, 5) is 34.4. The molecule has 4 rings (SSSR count). The lowest BCUT2D eigenvalue weighted by Crippen LogP contribution is -2.54. The molecule has 3 atom stereocenters. The molecule has 1 saturated carbocycles. The number of benzene rings is 1. The Bertz CT molecular complexity index is 964. The number of aromatic nitrogens is 1. The van der Waals surface area contributed by atoms with E-state index in [2.05, 4.69) is 10.3 Å². The Labute approximate surface area is 188 Å². The van der Waals surface area contributed by atoms with Gasteiger partial charge in [0.05, 0.1) is 24.3 Å². The van der Waals surface area contributed by atoms with Gasteiger partial charge in [0.15, 0.2) is 0 Å². The molecule has 31 heavy (non-hydrogen) atoms. The standard InChI is InChI=1S/C24H29ClN4O2/c1-28(2)19-10-16(13-26-14-19)15-29(18-7-5-6-17(25)11-18)24(31)21-12-23(30)27-22-9-4-3-8-20(21)22/h5-7,10-11,13-14,20-22H,3-4,8-9,12,15H2,1-2H3,(H,27,30). The number of carbonyl (C=O) groups is 2. The van der Waals surface area contributed by atoms with Gasteiger partial charge in [0, 0.05) is 43.5 Å². The zero-order chi connectivity index (χ0) is 22.0. The first-order valence-corrected chi connectivity index (χ1v) is 11.3. The van der Waals surface area contributed by atoms with Gasteiger partial charge in [0.2, 0.25) is 11.8 Å². The molecule has 2 aromatic rings. The van der Waals surface area contributed by atoms with Crippen LogP contribution >= 0.6 is 11.6 Å². The van der Waals surface area contributed by atoms with Crippen molar-refractivity contribution in [2.45, 2.75) is 44.7 Å². The Balaban J connectivity index is 1.67. The van der Waals surface area contributed by atoms with E-state index in [1.54, 1.807) is 23.4 Å². The number of anilines is 2. The highest BCUT2D eigenvalue weighted by Crippen LogP contribution is 2.37. The lowest BCUT2D eigenvalue weighted by atomic mass is 9.72. The van der Waals surface area contributed by atoms with Gasteiger partial charge < -0.3 is 15.1 Å². The fraction of sp³-hybridized carbons (Fsp3) is 0.458. The fourth-order valence-corrected chi connectivity index (χ4v) is 5.02. The number of hydrogen-bond donors (Lipinski definition) is 1. The molecule has 164 valence electrons. The third-order valence-electron chi connectivity index (χ3n) is 6.43. The van der Waals surface area contributed by atoms with Crippen LogP contribution in [0.4, 0.5) is 11.4 Å². The molecular formula is C24H29ClN4O2. The summed E-state index contributed by atoms with van der Waals surface area (Å²) >= 11 is 6.26. The number of rotatable bonds is 5. The van der Waals surface area contributed by atoms with Crippen LogP contribution in [0.1, 0.15) is 37.7 Å². The maximum atomic E-state index is 13.9. The summed E-state index contributed by atoms with van der Waals surface area (Å²) in [5, 5.41) is 3.69. The van der Waals surface area contributed by atoms with Crippen molar-refractivity contribution in [3.05, 3.63) is 53.3 Å². The van der Waals surface area contributed by atoms with Crippen molar-refractivity contribution in [1.82, 2.24) is 10.3 Å². The van der Waals surface area contributed by atoms with Crippen LogP contribution in [0.5, 0.6) is 0 Å². The van der Waals surface area contributed by atoms with Crippen molar-refractivity contribution >= 4 is 34.8 Å². The molecule has 2 heterocycles. The van der Waals surface area contributed by atoms with Crippen molar-refractivity contribution in [3.8, 4) is 0 Å². The first-order valence-electron chi connectivity index (χ1n) is 10.9. The van der Waals surface area contributed by atoms with Gasteiger partial charge in [0.1, 0.15) is 0 Å².